The lowest BCUT2D eigenvalue weighted by Gasteiger charge is -2.04. The van der Waals surface area contributed by atoms with Crippen molar-refractivity contribution >= 4 is 11.3 Å². The van der Waals surface area contributed by atoms with Gasteiger partial charge < -0.3 is 0 Å². The first-order valence-corrected chi connectivity index (χ1v) is 8.53. The van der Waals surface area contributed by atoms with Crippen LogP contribution >= 0.6 is 11.3 Å². The summed E-state index contributed by atoms with van der Waals surface area (Å²) in [5.41, 5.74) is 4.45. The van der Waals surface area contributed by atoms with E-state index in [1.807, 2.05) is 40.4 Å². The summed E-state index contributed by atoms with van der Waals surface area (Å²) in [6, 6.07) is 16.3. The zero-order chi connectivity index (χ0) is 16.5. The Morgan fingerprint density at radius 2 is 1.83 bits per heavy atom. The maximum absolute atomic E-state index is 4.45. The number of thiazole rings is 1. The van der Waals surface area contributed by atoms with Gasteiger partial charge in [-0.2, -0.15) is 0 Å². The van der Waals surface area contributed by atoms with E-state index in [9.17, 15) is 0 Å². The van der Waals surface area contributed by atoms with E-state index in [1.165, 1.54) is 11.1 Å². The second-order valence-electron chi connectivity index (χ2n) is 5.56. The molecule has 0 aliphatic rings. The van der Waals surface area contributed by atoms with Crippen molar-refractivity contribution in [3.8, 4) is 22.2 Å². The van der Waals surface area contributed by atoms with Gasteiger partial charge >= 0.3 is 11.0 Å². The summed E-state index contributed by atoms with van der Waals surface area (Å²) >= 11 is 1.56. The molecule has 4 aromatic rings. The van der Waals surface area contributed by atoms with Crippen molar-refractivity contribution in [1.29, 1.82) is 0 Å². The van der Waals surface area contributed by atoms with E-state index in [0.717, 1.165) is 22.2 Å². The Morgan fingerprint density at radius 3 is 2.54 bits per heavy atom. The molecular weight excluding hydrogens is 318 g/mol. The minimum atomic E-state index is 0.775. The third-order valence-electron chi connectivity index (χ3n) is 3.97. The van der Waals surface area contributed by atoms with Gasteiger partial charge in [0.15, 0.2) is 0 Å². The second kappa shape index (κ2) is 5.98. The van der Waals surface area contributed by atoms with Crippen molar-refractivity contribution in [2.45, 2.75) is 13.8 Å². The minimum Gasteiger partial charge on any atom is -0.130 e. The summed E-state index contributed by atoms with van der Waals surface area (Å²) in [7, 11) is 0. The predicted molar refractivity (Wildman–Crippen MR) is 93.5 cm³/mol. The molecule has 4 rings (SSSR count). The number of tetrazole rings is 1. The smallest absolute Gasteiger partial charge is 0.130 e. The predicted octanol–water partition coefficient (Wildman–Crippen LogP) is 3.28. The molecular formula is C18H16N5S+. The average molecular weight is 334 g/mol. The van der Waals surface area contributed by atoms with Gasteiger partial charge in [0.25, 0.3) is 0 Å². The normalized spacial score (nSPS) is 10.9. The van der Waals surface area contributed by atoms with Gasteiger partial charge in [0.05, 0.1) is 11.3 Å². The summed E-state index contributed by atoms with van der Waals surface area (Å²) in [4.78, 5) is 6.23. The summed E-state index contributed by atoms with van der Waals surface area (Å²) < 4.78 is 1.95. The average Bonchev–Trinajstić information content (AvgIpc) is 3.27. The van der Waals surface area contributed by atoms with E-state index in [1.54, 1.807) is 22.3 Å². The molecule has 0 N–H and O–H groups in total. The van der Waals surface area contributed by atoms with E-state index in [0.29, 0.717) is 0 Å². The molecule has 0 aliphatic heterocycles. The van der Waals surface area contributed by atoms with E-state index in [-0.39, 0.29) is 0 Å². The Balaban J connectivity index is 1.95. The van der Waals surface area contributed by atoms with Crippen molar-refractivity contribution in [2.75, 3.05) is 0 Å². The molecule has 118 valence electrons. The largest absolute Gasteiger partial charge is 0.313 e. The number of hydrogen-bond acceptors (Lipinski definition) is 4. The quantitative estimate of drug-likeness (QED) is 0.540. The molecule has 2 aromatic carbocycles. The molecule has 0 bridgehead atoms. The Hall–Kier alpha value is -2.86. The van der Waals surface area contributed by atoms with Crippen molar-refractivity contribution in [3.05, 3.63) is 71.2 Å². The number of rotatable bonds is 3. The van der Waals surface area contributed by atoms with Gasteiger partial charge in [-0.1, -0.05) is 40.3 Å². The highest BCUT2D eigenvalue weighted by molar-refractivity contribution is 7.11. The first-order chi connectivity index (χ1) is 11.7. The van der Waals surface area contributed by atoms with Crippen molar-refractivity contribution in [2.24, 2.45) is 0 Å². The van der Waals surface area contributed by atoms with Crippen LogP contribution in [0, 0.1) is 13.8 Å². The highest BCUT2D eigenvalue weighted by atomic mass is 32.1. The van der Waals surface area contributed by atoms with Gasteiger partial charge in [-0.25, -0.2) is 0 Å². The fourth-order valence-electron chi connectivity index (χ4n) is 2.54. The molecule has 0 saturated carbocycles. The van der Waals surface area contributed by atoms with Gasteiger partial charge in [0.2, 0.25) is 0 Å². The number of aromatic nitrogens is 5. The fourth-order valence-corrected chi connectivity index (χ4v) is 3.17. The molecule has 0 fully saturated rings. The van der Waals surface area contributed by atoms with Gasteiger partial charge in [0.1, 0.15) is 10.9 Å². The summed E-state index contributed by atoms with van der Waals surface area (Å²) in [6.07, 6.45) is 1.79. The second-order valence-corrected chi connectivity index (χ2v) is 6.44. The third-order valence-corrected chi connectivity index (χ3v) is 4.71. The molecule has 2 heterocycles. The maximum atomic E-state index is 4.45. The molecule has 5 nitrogen and oxygen atoms in total. The minimum absolute atomic E-state index is 0.775. The number of hydrogen-bond donors (Lipinski definition) is 0. The highest BCUT2D eigenvalue weighted by Crippen LogP contribution is 2.20. The first-order valence-electron chi connectivity index (χ1n) is 7.65. The lowest BCUT2D eigenvalue weighted by atomic mass is 10.1. The molecule has 2 aromatic heterocycles. The Bertz CT molecular complexity index is 974. The van der Waals surface area contributed by atoms with Gasteiger partial charge in [-0.15, -0.1) is 4.98 Å². The van der Waals surface area contributed by atoms with Crippen LogP contribution in [-0.2, 0) is 0 Å². The van der Waals surface area contributed by atoms with Gasteiger partial charge in [-0.05, 0) is 54.0 Å². The fraction of sp³-hybridized carbons (Fsp3) is 0.111. The summed E-state index contributed by atoms with van der Waals surface area (Å²) in [5.74, 6) is 0.775. The van der Waals surface area contributed by atoms with Gasteiger partial charge in [0, 0.05) is 10.9 Å². The number of para-hydroxylation sites is 1. The number of aryl methyl sites for hydroxylation is 2. The monoisotopic (exact) mass is 334 g/mol. The first kappa shape index (κ1) is 14.7. The molecule has 0 amide bonds. The Kier molecular flexibility index (Phi) is 3.66. The number of benzene rings is 2. The zero-order valence-electron chi connectivity index (χ0n) is 13.4. The van der Waals surface area contributed by atoms with Gasteiger partial charge in [-0.3, -0.25) is 0 Å². The van der Waals surface area contributed by atoms with Crippen LogP contribution in [-0.4, -0.2) is 20.1 Å². The molecule has 0 aliphatic carbocycles. The van der Waals surface area contributed by atoms with E-state index in [4.69, 9.17) is 0 Å². The lowest BCUT2D eigenvalue weighted by Crippen LogP contribution is -2.42. The van der Waals surface area contributed by atoms with Crippen LogP contribution in [0.25, 0.3) is 22.2 Å². The molecule has 0 atom stereocenters. The van der Waals surface area contributed by atoms with Crippen LogP contribution < -0.4 is 4.68 Å². The molecule has 0 radical (unpaired) electrons. The Morgan fingerprint density at radius 1 is 1.00 bits per heavy atom. The number of nitrogens with zero attached hydrogens (tertiary/aromatic N) is 5. The summed E-state index contributed by atoms with van der Waals surface area (Å²) in [6.45, 7) is 4.21. The van der Waals surface area contributed by atoms with Crippen molar-refractivity contribution in [1.82, 2.24) is 20.1 Å². The molecule has 0 unspecified atom stereocenters. The topological polar surface area (TPSA) is 47.5 Å². The van der Waals surface area contributed by atoms with Crippen LogP contribution in [0.1, 0.15) is 11.1 Å². The SMILES string of the molecule is Cc1ccc(-c2nnn(-c3ccccc3)[n+]2-c2nccs2)cc1C. The van der Waals surface area contributed by atoms with E-state index in [2.05, 4.69) is 47.3 Å². The lowest BCUT2D eigenvalue weighted by molar-refractivity contribution is -0.669. The van der Waals surface area contributed by atoms with Crippen LogP contribution in [0.4, 0.5) is 0 Å². The van der Waals surface area contributed by atoms with Crippen LogP contribution in [0.5, 0.6) is 0 Å². The van der Waals surface area contributed by atoms with Crippen LogP contribution in [0.2, 0.25) is 0 Å². The molecule has 24 heavy (non-hydrogen) atoms. The molecule has 0 spiro atoms. The van der Waals surface area contributed by atoms with Crippen LogP contribution in [0.3, 0.4) is 0 Å². The van der Waals surface area contributed by atoms with Crippen molar-refractivity contribution in [3.63, 3.8) is 0 Å². The summed E-state index contributed by atoms with van der Waals surface area (Å²) in [5, 5.41) is 11.6. The van der Waals surface area contributed by atoms with E-state index >= 15 is 0 Å². The zero-order valence-corrected chi connectivity index (χ0v) is 14.2. The Labute approximate surface area is 143 Å². The molecule has 0 saturated heterocycles. The maximum Gasteiger partial charge on any atom is 0.313 e. The van der Waals surface area contributed by atoms with Crippen molar-refractivity contribution < 1.29 is 4.68 Å². The third kappa shape index (κ3) is 2.51. The standard InChI is InChI=1S/C18H16N5S/c1-13-8-9-15(12-14(13)2)17-20-21-23(16-6-4-3-5-7-16)22(17)18-19-10-11-24-18/h3-12H,1-2H3/q+1. The highest BCUT2D eigenvalue weighted by Gasteiger charge is 2.25. The van der Waals surface area contributed by atoms with E-state index < -0.39 is 0 Å². The van der Waals surface area contributed by atoms with Crippen LogP contribution in [0.15, 0.2) is 60.1 Å². The molecule has 6 heteroatoms.